The van der Waals surface area contributed by atoms with Gasteiger partial charge in [-0.25, -0.2) is 0 Å². The van der Waals surface area contributed by atoms with Crippen LogP contribution in [0.5, 0.6) is 5.75 Å². The minimum atomic E-state index is -0.497. The Morgan fingerprint density at radius 3 is 2.18 bits per heavy atom. The van der Waals surface area contributed by atoms with Gasteiger partial charge in [-0.15, -0.1) is 0 Å². The van der Waals surface area contributed by atoms with Crippen molar-refractivity contribution in [2.75, 3.05) is 13.7 Å². The second kappa shape index (κ2) is 6.62. The number of hydrogen-bond donors (Lipinski definition) is 1. The van der Waals surface area contributed by atoms with E-state index in [9.17, 15) is 5.11 Å². The van der Waals surface area contributed by atoms with Gasteiger partial charge in [-0.3, -0.25) is 0 Å². The maximum atomic E-state index is 10.1. The van der Waals surface area contributed by atoms with Crippen LogP contribution in [0.25, 0.3) is 0 Å². The minimum Gasteiger partial charge on any atom is -0.491 e. The highest BCUT2D eigenvalue weighted by Gasteiger charge is 2.16. The van der Waals surface area contributed by atoms with E-state index in [0.29, 0.717) is 6.61 Å². The molecule has 2 unspecified atom stereocenters. The third kappa shape index (κ3) is 4.36. The molecule has 0 aliphatic rings. The van der Waals surface area contributed by atoms with Gasteiger partial charge in [-0.1, -0.05) is 19.1 Å². The minimum absolute atomic E-state index is 0.0804. The molecule has 0 saturated heterocycles. The molecule has 0 aliphatic carbocycles. The third-order valence-corrected chi connectivity index (χ3v) is 2.56. The van der Waals surface area contributed by atoms with Gasteiger partial charge in [0.1, 0.15) is 5.75 Å². The number of aliphatic hydroxyl groups excluding tert-OH is 1. The molecule has 1 aromatic rings. The molecule has 0 aliphatic heterocycles. The van der Waals surface area contributed by atoms with E-state index in [4.69, 9.17) is 9.47 Å². The lowest BCUT2D eigenvalue weighted by Gasteiger charge is -2.19. The summed E-state index contributed by atoms with van der Waals surface area (Å²) in [7, 11) is 1.64. The lowest BCUT2D eigenvalue weighted by atomic mass is 9.98. The van der Waals surface area contributed by atoms with E-state index >= 15 is 0 Å². The lowest BCUT2D eigenvalue weighted by Crippen LogP contribution is -2.14. The van der Waals surface area contributed by atoms with E-state index in [-0.39, 0.29) is 12.0 Å². The molecule has 1 aromatic carbocycles. The van der Waals surface area contributed by atoms with Crippen molar-refractivity contribution in [3.63, 3.8) is 0 Å². The van der Waals surface area contributed by atoms with Gasteiger partial charge in [-0.2, -0.15) is 0 Å². The highest BCUT2D eigenvalue weighted by Crippen LogP contribution is 2.24. The summed E-state index contributed by atoms with van der Waals surface area (Å²) in [5.41, 5.74) is 0.894. The van der Waals surface area contributed by atoms with E-state index in [1.165, 1.54) is 0 Å². The Kier molecular flexibility index (Phi) is 5.45. The zero-order chi connectivity index (χ0) is 12.8. The number of ether oxygens (including phenoxy) is 2. The van der Waals surface area contributed by atoms with E-state index in [0.717, 1.165) is 11.3 Å². The molecule has 0 aromatic heterocycles. The van der Waals surface area contributed by atoms with Crippen molar-refractivity contribution in [2.45, 2.75) is 33.0 Å². The lowest BCUT2D eigenvalue weighted by molar-refractivity contribution is 0.0566. The summed E-state index contributed by atoms with van der Waals surface area (Å²) >= 11 is 0. The van der Waals surface area contributed by atoms with Gasteiger partial charge in [0.15, 0.2) is 0 Å². The quantitative estimate of drug-likeness (QED) is 0.828. The summed E-state index contributed by atoms with van der Waals surface area (Å²) < 4.78 is 10.6. The SMILES string of the molecule is COCC(C)C(O)c1ccc(OC(C)C)cc1. The Balaban J connectivity index is 2.66. The van der Waals surface area contributed by atoms with Gasteiger partial charge in [0, 0.05) is 13.0 Å². The summed E-state index contributed by atoms with van der Waals surface area (Å²) in [6, 6.07) is 7.57. The summed E-state index contributed by atoms with van der Waals surface area (Å²) in [5, 5.41) is 10.1. The molecule has 1 rings (SSSR count). The summed E-state index contributed by atoms with van der Waals surface area (Å²) in [5.74, 6) is 0.909. The van der Waals surface area contributed by atoms with Crippen LogP contribution in [-0.2, 0) is 4.74 Å². The zero-order valence-corrected chi connectivity index (χ0v) is 11.0. The van der Waals surface area contributed by atoms with E-state index in [1.807, 2.05) is 45.0 Å². The molecule has 3 nitrogen and oxygen atoms in total. The molecule has 0 amide bonds. The zero-order valence-electron chi connectivity index (χ0n) is 11.0. The van der Waals surface area contributed by atoms with E-state index in [1.54, 1.807) is 7.11 Å². The number of hydrogen-bond acceptors (Lipinski definition) is 3. The molecule has 1 N–H and O–H groups in total. The molecule has 0 bridgehead atoms. The predicted molar refractivity (Wildman–Crippen MR) is 68.2 cm³/mol. The summed E-state index contributed by atoms with van der Waals surface area (Å²) in [4.78, 5) is 0. The Labute approximate surface area is 103 Å². The molecule has 17 heavy (non-hydrogen) atoms. The third-order valence-electron chi connectivity index (χ3n) is 2.56. The molecule has 96 valence electrons. The molecule has 0 radical (unpaired) electrons. The largest absolute Gasteiger partial charge is 0.491 e. The van der Waals surface area contributed by atoms with Crippen LogP contribution in [0, 0.1) is 5.92 Å². The first kappa shape index (κ1) is 14.0. The molecule has 3 heteroatoms. The van der Waals surface area contributed by atoms with Crippen molar-refractivity contribution in [2.24, 2.45) is 5.92 Å². The number of benzene rings is 1. The van der Waals surface area contributed by atoms with Crippen molar-refractivity contribution in [1.29, 1.82) is 0 Å². The fraction of sp³-hybridized carbons (Fsp3) is 0.571. The van der Waals surface area contributed by atoms with Crippen LogP contribution in [0.2, 0.25) is 0 Å². The van der Waals surface area contributed by atoms with Gasteiger partial charge in [0.25, 0.3) is 0 Å². The number of methoxy groups -OCH3 is 1. The molecule has 0 saturated carbocycles. The fourth-order valence-electron chi connectivity index (χ4n) is 1.70. The second-order valence-corrected chi connectivity index (χ2v) is 4.61. The Morgan fingerprint density at radius 2 is 1.71 bits per heavy atom. The molecular formula is C14H22O3. The molecule has 2 atom stereocenters. The Hall–Kier alpha value is -1.06. The van der Waals surface area contributed by atoms with Crippen molar-refractivity contribution in [3.8, 4) is 5.75 Å². The first-order chi connectivity index (χ1) is 8.04. The topological polar surface area (TPSA) is 38.7 Å². The summed E-state index contributed by atoms with van der Waals surface area (Å²) in [6.07, 6.45) is -0.332. The maximum Gasteiger partial charge on any atom is 0.119 e. The van der Waals surface area contributed by atoms with Crippen molar-refractivity contribution >= 4 is 0 Å². The van der Waals surface area contributed by atoms with Gasteiger partial charge < -0.3 is 14.6 Å². The second-order valence-electron chi connectivity index (χ2n) is 4.61. The van der Waals surface area contributed by atoms with Gasteiger partial charge in [0.05, 0.1) is 18.8 Å². The average Bonchev–Trinajstić information content (AvgIpc) is 2.28. The Bertz CT molecular complexity index is 319. The van der Waals surface area contributed by atoms with Crippen LogP contribution < -0.4 is 4.74 Å². The van der Waals surface area contributed by atoms with Crippen molar-refractivity contribution in [3.05, 3.63) is 29.8 Å². The van der Waals surface area contributed by atoms with Crippen molar-refractivity contribution in [1.82, 2.24) is 0 Å². The maximum absolute atomic E-state index is 10.1. The monoisotopic (exact) mass is 238 g/mol. The first-order valence-corrected chi connectivity index (χ1v) is 5.98. The highest BCUT2D eigenvalue weighted by atomic mass is 16.5. The van der Waals surface area contributed by atoms with Gasteiger partial charge in [-0.05, 0) is 31.5 Å². The highest BCUT2D eigenvalue weighted by molar-refractivity contribution is 5.28. The number of rotatable bonds is 6. The van der Waals surface area contributed by atoms with Crippen LogP contribution in [0.4, 0.5) is 0 Å². The fourth-order valence-corrected chi connectivity index (χ4v) is 1.70. The van der Waals surface area contributed by atoms with E-state index in [2.05, 4.69) is 0 Å². The van der Waals surface area contributed by atoms with Gasteiger partial charge in [0.2, 0.25) is 0 Å². The molecule has 0 spiro atoms. The molecular weight excluding hydrogens is 216 g/mol. The average molecular weight is 238 g/mol. The first-order valence-electron chi connectivity index (χ1n) is 5.98. The standard InChI is InChI=1S/C14H22O3/c1-10(2)17-13-7-5-12(6-8-13)14(15)11(3)9-16-4/h5-8,10-11,14-15H,9H2,1-4H3. The smallest absolute Gasteiger partial charge is 0.119 e. The summed E-state index contributed by atoms with van der Waals surface area (Å²) in [6.45, 7) is 6.49. The Morgan fingerprint density at radius 1 is 1.12 bits per heavy atom. The van der Waals surface area contributed by atoms with Crippen LogP contribution in [0.15, 0.2) is 24.3 Å². The van der Waals surface area contributed by atoms with Crippen LogP contribution in [-0.4, -0.2) is 24.9 Å². The molecule has 0 heterocycles. The van der Waals surface area contributed by atoms with E-state index < -0.39 is 6.10 Å². The normalized spacial score (nSPS) is 14.7. The number of aliphatic hydroxyl groups is 1. The predicted octanol–water partition coefficient (Wildman–Crippen LogP) is 2.79. The van der Waals surface area contributed by atoms with Gasteiger partial charge >= 0.3 is 0 Å². The van der Waals surface area contributed by atoms with Crippen LogP contribution in [0.1, 0.15) is 32.4 Å². The van der Waals surface area contributed by atoms with Crippen molar-refractivity contribution < 1.29 is 14.6 Å². The molecule has 0 fully saturated rings. The van der Waals surface area contributed by atoms with Crippen LogP contribution >= 0.6 is 0 Å². The van der Waals surface area contributed by atoms with Crippen LogP contribution in [0.3, 0.4) is 0 Å².